The SMILES string of the molecule is CC(C)C1=C2[C@H]3CC[C@@H]4[C@@]5(C)CC[C@H](OC(=O)[C@H]6C[C@@H](C(=O)O)C6(C)C)C(C)(C)[C@@H]5CC[C@@]4(C)[C@]3(C)CC[C@@]2(NC(=O)C(C)(C)NC(=O)C2CCNCC2)CC1=O.Cl. The van der Waals surface area contributed by atoms with Gasteiger partial charge >= 0.3 is 11.9 Å². The smallest absolute Gasteiger partial charge is 0.309 e. The number of rotatable bonds is 8. The first-order valence-corrected chi connectivity index (χ1v) is 22.4. The monoisotopic (exact) mass is 828 g/mol. The zero-order valence-corrected chi connectivity index (χ0v) is 38.1. The molecule has 0 aromatic rings. The lowest BCUT2D eigenvalue weighted by Crippen LogP contribution is -2.68. The Morgan fingerprint density at radius 2 is 1.47 bits per heavy atom. The minimum Gasteiger partial charge on any atom is -0.481 e. The van der Waals surface area contributed by atoms with Crippen LogP contribution in [0, 0.1) is 68.5 Å². The second-order valence-electron chi connectivity index (χ2n) is 22.7. The van der Waals surface area contributed by atoms with E-state index in [1.165, 1.54) is 5.57 Å². The zero-order valence-electron chi connectivity index (χ0n) is 37.3. The van der Waals surface area contributed by atoms with Gasteiger partial charge in [-0.15, -0.1) is 12.4 Å². The highest BCUT2D eigenvalue weighted by Crippen LogP contribution is 2.76. The number of ether oxygens (including phenoxy) is 1. The predicted octanol–water partition coefficient (Wildman–Crippen LogP) is 7.81. The summed E-state index contributed by atoms with van der Waals surface area (Å²) in [7, 11) is 0. The summed E-state index contributed by atoms with van der Waals surface area (Å²) < 4.78 is 6.42. The van der Waals surface area contributed by atoms with Gasteiger partial charge in [-0.25, -0.2) is 0 Å². The van der Waals surface area contributed by atoms with Gasteiger partial charge in [0.05, 0.1) is 17.4 Å². The van der Waals surface area contributed by atoms with E-state index in [1.807, 2.05) is 13.8 Å². The van der Waals surface area contributed by atoms with Crippen molar-refractivity contribution in [1.29, 1.82) is 0 Å². The molecule has 0 unspecified atom stereocenters. The average molecular weight is 829 g/mol. The number of esters is 1. The number of carboxylic acids is 1. The molecule has 10 nitrogen and oxygen atoms in total. The van der Waals surface area contributed by atoms with Crippen LogP contribution in [0.2, 0.25) is 0 Å². The second-order valence-corrected chi connectivity index (χ2v) is 22.7. The first-order valence-electron chi connectivity index (χ1n) is 22.4. The lowest BCUT2D eigenvalue weighted by atomic mass is 9.33. The number of ketones is 1. The molecule has 0 aromatic carbocycles. The number of carboxylic acid groups (broad SMARTS) is 1. The summed E-state index contributed by atoms with van der Waals surface area (Å²) in [6.45, 7) is 25.3. The molecular formula is C47H74ClN3O7. The minimum absolute atomic E-state index is 0. The van der Waals surface area contributed by atoms with E-state index in [4.69, 9.17) is 4.74 Å². The number of carbonyl (C=O) groups excluding carboxylic acids is 4. The molecule has 10 atom stereocenters. The predicted molar refractivity (Wildman–Crippen MR) is 226 cm³/mol. The van der Waals surface area contributed by atoms with E-state index >= 15 is 0 Å². The van der Waals surface area contributed by atoms with Gasteiger partial charge in [-0.1, -0.05) is 62.3 Å². The number of halogens is 1. The molecule has 0 aromatic heterocycles. The first kappa shape index (κ1) is 45.1. The molecule has 1 aliphatic heterocycles. The van der Waals surface area contributed by atoms with Crippen molar-refractivity contribution in [2.45, 2.75) is 170 Å². The Balaban J connectivity index is 0.00000567. The topological polar surface area (TPSA) is 151 Å². The number of allylic oxidation sites excluding steroid dienone is 1. The van der Waals surface area contributed by atoms with Gasteiger partial charge < -0.3 is 25.8 Å². The van der Waals surface area contributed by atoms with Crippen LogP contribution in [-0.4, -0.2) is 64.9 Å². The van der Waals surface area contributed by atoms with Crippen molar-refractivity contribution in [2.24, 2.45) is 68.5 Å². The fraction of sp³-hybridized carbons (Fsp3) is 0.851. The van der Waals surface area contributed by atoms with Crippen LogP contribution in [0.25, 0.3) is 0 Å². The molecule has 6 fully saturated rings. The molecule has 0 spiro atoms. The summed E-state index contributed by atoms with van der Waals surface area (Å²) in [6, 6.07) is 0. The summed E-state index contributed by atoms with van der Waals surface area (Å²) in [5, 5.41) is 19.6. The molecule has 5 saturated carbocycles. The lowest BCUT2D eigenvalue weighted by molar-refractivity contribution is -0.235. The number of piperidine rings is 1. The van der Waals surface area contributed by atoms with E-state index in [9.17, 15) is 29.1 Å². The van der Waals surface area contributed by atoms with Gasteiger partial charge in [-0.2, -0.15) is 0 Å². The Morgan fingerprint density at radius 3 is 2.07 bits per heavy atom. The molecule has 4 N–H and O–H groups in total. The molecule has 0 bridgehead atoms. The molecule has 2 amide bonds. The third-order valence-corrected chi connectivity index (χ3v) is 18.5. The third kappa shape index (κ3) is 6.61. The van der Waals surface area contributed by atoms with Crippen LogP contribution in [-0.2, 0) is 28.7 Å². The van der Waals surface area contributed by atoms with E-state index < -0.39 is 34.3 Å². The van der Waals surface area contributed by atoms with Gasteiger partial charge in [-0.3, -0.25) is 24.0 Å². The molecule has 6 aliphatic carbocycles. The molecule has 7 rings (SSSR count). The van der Waals surface area contributed by atoms with Gasteiger partial charge in [0.2, 0.25) is 11.8 Å². The van der Waals surface area contributed by atoms with E-state index in [0.717, 1.165) is 76.5 Å². The Morgan fingerprint density at radius 1 is 0.810 bits per heavy atom. The normalized spacial score (nSPS) is 40.4. The molecule has 1 saturated heterocycles. The van der Waals surface area contributed by atoms with Gasteiger partial charge in [0.25, 0.3) is 0 Å². The summed E-state index contributed by atoms with van der Waals surface area (Å²) in [5.74, 6) is -1.24. The van der Waals surface area contributed by atoms with Gasteiger partial charge in [-0.05, 0) is 154 Å². The largest absolute Gasteiger partial charge is 0.481 e. The van der Waals surface area contributed by atoms with Crippen LogP contribution in [0.3, 0.4) is 0 Å². The van der Waals surface area contributed by atoms with Crippen molar-refractivity contribution in [3.8, 4) is 0 Å². The van der Waals surface area contributed by atoms with Gasteiger partial charge in [0.1, 0.15) is 11.6 Å². The van der Waals surface area contributed by atoms with Crippen molar-refractivity contribution in [3.63, 3.8) is 0 Å². The molecule has 0 radical (unpaired) electrons. The number of carbonyl (C=O) groups is 5. The molecule has 326 valence electrons. The van der Waals surface area contributed by atoms with Gasteiger partial charge in [0.15, 0.2) is 5.78 Å². The number of nitrogens with one attached hydrogen (secondary N) is 3. The Labute approximate surface area is 353 Å². The highest BCUT2D eigenvalue weighted by molar-refractivity contribution is 6.03. The highest BCUT2D eigenvalue weighted by Gasteiger charge is 2.71. The number of Topliss-reactive ketones (excluding diaryl/α,β-unsaturated/α-hetero) is 1. The molecule has 58 heavy (non-hydrogen) atoms. The van der Waals surface area contributed by atoms with Crippen molar-refractivity contribution >= 4 is 41.9 Å². The minimum atomic E-state index is -1.13. The third-order valence-electron chi connectivity index (χ3n) is 18.5. The van der Waals surface area contributed by atoms with Crippen LogP contribution in [0.15, 0.2) is 11.1 Å². The van der Waals surface area contributed by atoms with Crippen LogP contribution in [0.1, 0.15) is 153 Å². The number of amides is 2. The number of hydrogen-bond donors (Lipinski definition) is 4. The van der Waals surface area contributed by atoms with Crippen molar-refractivity contribution in [3.05, 3.63) is 11.1 Å². The van der Waals surface area contributed by atoms with E-state index in [0.29, 0.717) is 24.7 Å². The average Bonchev–Trinajstić information content (AvgIpc) is 3.41. The summed E-state index contributed by atoms with van der Waals surface area (Å²) >= 11 is 0. The lowest BCUT2D eigenvalue weighted by Gasteiger charge is -2.72. The second kappa shape index (κ2) is 14.9. The van der Waals surface area contributed by atoms with E-state index in [-0.39, 0.29) is 87.9 Å². The van der Waals surface area contributed by atoms with E-state index in [1.54, 1.807) is 13.8 Å². The fourth-order valence-electron chi connectivity index (χ4n) is 14.8. The summed E-state index contributed by atoms with van der Waals surface area (Å²) in [6.07, 6.45) is 9.41. The van der Waals surface area contributed by atoms with Crippen LogP contribution >= 0.6 is 12.4 Å². The summed E-state index contributed by atoms with van der Waals surface area (Å²) in [5.41, 5.74) is -0.685. The molecular weight excluding hydrogens is 754 g/mol. The van der Waals surface area contributed by atoms with Crippen molar-refractivity contribution in [1.82, 2.24) is 16.0 Å². The number of fused-ring (bicyclic) bond motifs is 7. The van der Waals surface area contributed by atoms with Crippen LogP contribution in [0.4, 0.5) is 0 Å². The quantitative estimate of drug-likeness (QED) is 0.181. The molecule has 1 heterocycles. The van der Waals surface area contributed by atoms with Crippen LogP contribution in [0.5, 0.6) is 0 Å². The highest BCUT2D eigenvalue weighted by atomic mass is 35.5. The Bertz CT molecular complexity index is 1750. The summed E-state index contributed by atoms with van der Waals surface area (Å²) in [4.78, 5) is 67.3. The number of hydrogen-bond acceptors (Lipinski definition) is 7. The maximum absolute atomic E-state index is 14.4. The maximum Gasteiger partial charge on any atom is 0.309 e. The standard InChI is InChI=1S/C47H73N3O7.ClH/c1-26(2)35-31(51)25-47(50-40(56)43(7,8)49-37(52)27-16-22-48-23-17-27)21-20-45(10)28(36(35)47)12-13-33-44(9)18-15-34(42(5,6)32(44)14-19-46(33,45)11)57-39(55)30-24-29(38(53)54)41(30,3)4;/h26-30,32-34,48H,12-25H2,1-11H3,(H,49,52)(H,50,56)(H,53,54);1H/t28-,29+,30-,32+,33-,34+,44+,45-,46-,47-;/m1./s1. The zero-order chi connectivity index (χ0) is 41.9. The van der Waals surface area contributed by atoms with E-state index in [2.05, 4.69) is 64.4 Å². The maximum atomic E-state index is 14.4. The molecule has 7 aliphatic rings. The number of aliphatic carboxylic acids is 1. The van der Waals surface area contributed by atoms with Crippen LogP contribution < -0.4 is 16.0 Å². The first-order chi connectivity index (χ1) is 26.4. The Kier molecular flexibility index (Phi) is 11.6. The molecule has 11 heteroatoms. The Hall–Kier alpha value is -2.46. The fourth-order valence-corrected chi connectivity index (χ4v) is 14.8. The van der Waals surface area contributed by atoms with Crippen molar-refractivity contribution < 1.29 is 33.8 Å². The van der Waals surface area contributed by atoms with Gasteiger partial charge in [0, 0.05) is 17.8 Å². The van der Waals surface area contributed by atoms with Crippen molar-refractivity contribution in [2.75, 3.05) is 13.1 Å².